The fourth-order valence-corrected chi connectivity index (χ4v) is 4.36. The summed E-state index contributed by atoms with van der Waals surface area (Å²) >= 11 is 0. The molecule has 0 saturated carbocycles. The SMILES string of the molecule is CC(C)(C)c1cc[n-]c(=Nc2ccc3ccccc3n2)c1.CC(C)(C)c1cc[n-]c(=Nc2ccc3ccccc3n2)c1.[Zn+2]. The number of fused-ring (bicyclic) bond motifs is 2. The first-order valence-electron chi connectivity index (χ1n) is 14.1. The van der Waals surface area contributed by atoms with Crippen LogP contribution in [0, 0.1) is 0 Å². The van der Waals surface area contributed by atoms with Crippen LogP contribution in [-0.2, 0) is 30.3 Å². The van der Waals surface area contributed by atoms with Gasteiger partial charge in [-0.05, 0) is 46.2 Å². The minimum Gasteiger partial charge on any atom is -0.443 e. The Morgan fingerprint density at radius 1 is 0.512 bits per heavy atom. The third kappa shape index (κ3) is 8.42. The zero-order valence-electron chi connectivity index (χ0n) is 25.8. The molecule has 0 saturated heterocycles. The van der Waals surface area contributed by atoms with E-state index in [9.17, 15) is 0 Å². The van der Waals surface area contributed by atoms with Gasteiger partial charge in [-0.25, -0.2) is 0 Å². The van der Waals surface area contributed by atoms with Crippen molar-refractivity contribution in [2.24, 2.45) is 9.98 Å². The number of para-hydroxylation sites is 2. The van der Waals surface area contributed by atoms with Gasteiger partial charge in [0.2, 0.25) is 0 Å². The van der Waals surface area contributed by atoms with Gasteiger partial charge in [-0.2, -0.15) is 0 Å². The molecule has 0 N–H and O–H groups in total. The number of benzene rings is 2. The molecule has 212 valence electrons. The van der Waals surface area contributed by atoms with Crippen molar-refractivity contribution in [2.45, 2.75) is 52.4 Å². The van der Waals surface area contributed by atoms with Crippen LogP contribution in [0.4, 0.5) is 11.6 Å². The Morgan fingerprint density at radius 2 is 0.907 bits per heavy atom. The fourth-order valence-electron chi connectivity index (χ4n) is 4.36. The minimum absolute atomic E-state index is 0. The maximum atomic E-state index is 4.56. The zero-order valence-corrected chi connectivity index (χ0v) is 28.7. The van der Waals surface area contributed by atoms with Gasteiger partial charge in [0.1, 0.15) is 0 Å². The van der Waals surface area contributed by atoms with E-state index in [1.165, 1.54) is 11.1 Å². The van der Waals surface area contributed by atoms with E-state index in [1.54, 1.807) is 12.4 Å². The van der Waals surface area contributed by atoms with Crippen LogP contribution in [0.2, 0.25) is 0 Å². The van der Waals surface area contributed by atoms with Crippen LogP contribution in [0.1, 0.15) is 52.7 Å². The molecule has 6 nitrogen and oxygen atoms in total. The summed E-state index contributed by atoms with van der Waals surface area (Å²) in [7, 11) is 0. The van der Waals surface area contributed by atoms with Crippen LogP contribution >= 0.6 is 0 Å². The Bertz CT molecular complexity index is 1830. The van der Waals surface area contributed by atoms with Crippen molar-refractivity contribution in [1.82, 2.24) is 19.9 Å². The van der Waals surface area contributed by atoms with Crippen molar-refractivity contribution < 1.29 is 19.5 Å². The second-order valence-electron chi connectivity index (χ2n) is 12.3. The van der Waals surface area contributed by atoms with E-state index in [0.717, 1.165) is 21.8 Å². The zero-order chi connectivity index (χ0) is 29.7. The van der Waals surface area contributed by atoms with E-state index in [1.807, 2.05) is 97.1 Å². The third-order valence-corrected chi connectivity index (χ3v) is 6.85. The predicted octanol–water partition coefficient (Wildman–Crippen LogP) is 7.44. The number of aromatic nitrogens is 4. The standard InChI is InChI=1S/2C18H18N3.Zn/c2*1-18(2,3)14-10-11-19-17(12-14)21-16-9-8-13-6-4-5-7-15(13)20-16;/h2*4-12H,1-3H3;/q2*-1;+2. The molecule has 2 aromatic carbocycles. The van der Waals surface area contributed by atoms with E-state index < -0.39 is 0 Å². The summed E-state index contributed by atoms with van der Waals surface area (Å²) in [5.74, 6) is 1.37. The van der Waals surface area contributed by atoms with Gasteiger partial charge in [0, 0.05) is 10.8 Å². The van der Waals surface area contributed by atoms with E-state index >= 15 is 0 Å². The number of nitrogens with zero attached hydrogens (tertiary/aromatic N) is 6. The smallest absolute Gasteiger partial charge is 0.443 e. The maximum Gasteiger partial charge on any atom is 2.00 e. The van der Waals surface area contributed by atoms with E-state index in [2.05, 4.69) is 71.5 Å². The van der Waals surface area contributed by atoms with E-state index in [0.29, 0.717) is 22.6 Å². The Balaban J connectivity index is 0.000000192. The Labute approximate surface area is 265 Å². The van der Waals surface area contributed by atoms with Crippen LogP contribution in [0.5, 0.6) is 0 Å². The van der Waals surface area contributed by atoms with Gasteiger partial charge < -0.3 is 20.0 Å². The van der Waals surface area contributed by atoms with Crippen molar-refractivity contribution in [3.05, 3.63) is 132 Å². The summed E-state index contributed by atoms with van der Waals surface area (Å²) in [6, 6.07) is 32.1. The van der Waals surface area contributed by atoms with Gasteiger partial charge in [-0.1, -0.05) is 138 Å². The number of pyridine rings is 4. The number of hydrogen-bond acceptors (Lipinski definition) is 4. The average Bonchev–Trinajstić information content (AvgIpc) is 2.97. The van der Waals surface area contributed by atoms with E-state index in [4.69, 9.17) is 0 Å². The molecule has 4 heterocycles. The second-order valence-corrected chi connectivity index (χ2v) is 12.3. The molecule has 6 aromatic rings. The average molecular weight is 618 g/mol. The van der Waals surface area contributed by atoms with Gasteiger partial charge in [-0.15, -0.1) is 0 Å². The molecular weight excluding hydrogens is 582 g/mol. The first-order chi connectivity index (χ1) is 20.0. The predicted molar refractivity (Wildman–Crippen MR) is 171 cm³/mol. The molecule has 0 aliphatic carbocycles. The summed E-state index contributed by atoms with van der Waals surface area (Å²) < 4.78 is 0. The maximum absolute atomic E-state index is 4.56. The molecule has 0 unspecified atom stereocenters. The van der Waals surface area contributed by atoms with Crippen LogP contribution in [0.25, 0.3) is 21.8 Å². The van der Waals surface area contributed by atoms with Gasteiger partial charge >= 0.3 is 19.5 Å². The molecule has 0 atom stereocenters. The summed E-state index contributed by atoms with van der Waals surface area (Å²) in [6.45, 7) is 13.1. The van der Waals surface area contributed by atoms with Crippen LogP contribution in [0.3, 0.4) is 0 Å². The molecule has 0 amide bonds. The summed E-state index contributed by atoms with van der Waals surface area (Å²) in [5, 5.41) is 2.24. The monoisotopic (exact) mass is 616 g/mol. The summed E-state index contributed by atoms with van der Waals surface area (Å²) in [5.41, 5.74) is 5.91. The molecule has 4 aromatic heterocycles. The Hall–Kier alpha value is -4.22. The third-order valence-electron chi connectivity index (χ3n) is 6.85. The molecule has 0 aliphatic heterocycles. The largest absolute Gasteiger partial charge is 2.00 e. The molecule has 0 radical (unpaired) electrons. The molecule has 0 bridgehead atoms. The quantitative estimate of drug-likeness (QED) is 0.189. The van der Waals surface area contributed by atoms with Crippen molar-refractivity contribution >= 4 is 33.4 Å². The normalized spacial score (nSPS) is 12.5. The van der Waals surface area contributed by atoms with Crippen LogP contribution < -0.4 is 20.9 Å². The molecule has 0 aliphatic rings. The first kappa shape index (κ1) is 31.7. The first-order valence-corrected chi connectivity index (χ1v) is 14.1. The topological polar surface area (TPSA) is 78.7 Å². The van der Waals surface area contributed by atoms with Crippen LogP contribution in [-0.4, -0.2) is 9.97 Å². The number of hydrogen-bond donors (Lipinski definition) is 0. The van der Waals surface area contributed by atoms with Crippen molar-refractivity contribution in [3.8, 4) is 0 Å². The molecule has 43 heavy (non-hydrogen) atoms. The fraction of sp³-hybridized carbons (Fsp3) is 0.222. The van der Waals surface area contributed by atoms with Crippen molar-refractivity contribution in [1.29, 1.82) is 0 Å². The molecule has 6 rings (SSSR count). The van der Waals surface area contributed by atoms with Gasteiger partial charge in [-0.3, -0.25) is 9.97 Å². The van der Waals surface area contributed by atoms with E-state index in [-0.39, 0.29) is 30.3 Å². The molecular formula is C36H36N6Zn. The Kier molecular flexibility index (Phi) is 9.88. The van der Waals surface area contributed by atoms with Crippen LogP contribution in [0.15, 0.2) is 119 Å². The summed E-state index contributed by atoms with van der Waals surface area (Å²) in [4.78, 5) is 26.8. The molecule has 0 fully saturated rings. The van der Waals surface area contributed by atoms with Crippen molar-refractivity contribution in [2.75, 3.05) is 0 Å². The van der Waals surface area contributed by atoms with Gasteiger partial charge in [0.25, 0.3) is 0 Å². The van der Waals surface area contributed by atoms with Crippen molar-refractivity contribution in [3.63, 3.8) is 0 Å². The second kappa shape index (κ2) is 13.4. The van der Waals surface area contributed by atoms with Gasteiger partial charge in [0.15, 0.2) is 0 Å². The molecule has 0 spiro atoms. The minimum atomic E-state index is 0. The molecule has 7 heteroatoms. The van der Waals surface area contributed by atoms with Gasteiger partial charge in [0.05, 0.1) is 22.7 Å². The summed E-state index contributed by atoms with van der Waals surface area (Å²) in [6.07, 6.45) is 3.61. The Morgan fingerprint density at radius 3 is 1.30 bits per heavy atom. The number of rotatable bonds is 2.